The normalized spacial score (nSPS) is 43.8. The number of likely N-dealkylation sites (tertiary alicyclic amines) is 2. The van der Waals surface area contributed by atoms with Gasteiger partial charge in [-0.05, 0) is 139 Å². The second-order valence-electron chi connectivity index (χ2n) is 16.0. The summed E-state index contributed by atoms with van der Waals surface area (Å²) in [6, 6.07) is 1.78. The Labute approximate surface area is 221 Å². The second kappa shape index (κ2) is 8.39. The van der Waals surface area contributed by atoms with E-state index in [0.717, 1.165) is 23.9 Å². The Hall–Kier alpha value is 0.270. The van der Waals surface area contributed by atoms with E-state index in [4.69, 9.17) is 1.12 Å². The van der Waals surface area contributed by atoms with E-state index in [1.807, 2.05) is 0 Å². The number of hydrogen-bond acceptors (Lipinski definition) is 2. The van der Waals surface area contributed by atoms with Crippen LogP contribution in [0.15, 0.2) is 0 Å². The standard InChI is InChI=1S/2C15H27N.CH4.H2S/c2*1-13(2,3)16-9-8-15-7-6-11(10-12(15)16)14(15,4)5;;/h2*11-12H,6-10H2,1-5H3;1H4;1H2/t11?,12?,15-;11-,12-,15+;;/m00../s1/i/hT. The summed E-state index contributed by atoms with van der Waals surface area (Å²) < 4.78 is 5.44. The van der Waals surface area contributed by atoms with Crippen LogP contribution in [-0.2, 0) is 0 Å². The first-order valence-corrected chi connectivity index (χ1v) is 14.1. The van der Waals surface area contributed by atoms with E-state index in [2.05, 4.69) is 92.4 Å². The third-order valence-electron chi connectivity index (χ3n) is 12.9. The van der Waals surface area contributed by atoms with Gasteiger partial charge in [-0.25, -0.2) is 0 Å². The molecule has 6 fully saturated rings. The summed E-state index contributed by atoms with van der Waals surface area (Å²) in [7, 11) is 0. The molecule has 2 spiro atoms. The summed E-state index contributed by atoms with van der Waals surface area (Å²) in [5.41, 5.74) is 3.30. The Morgan fingerprint density at radius 3 is 1.24 bits per heavy atom. The molecule has 0 radical (unpaired) electrons. The smallest absolute Gasteiger partial charge is 0.0985 e. The van der Waals surface area contributed by atoms with Crippen LogP contribution >= 0.6 is 13.4 Å². The van der Waals surface area contributed by atoms with Crippen molar-refractivity contribution in [3.63, 3.8) is 0 Å². The number of nitrogens with zero attached hydrogens (tertiary/aromatic N) is 2. The van der Waals surface area contributed by atoms with E-state index in [1.54, 1.807) is 0 Å². The van der Waals surface area contributed by atoms with Gasteiger partial charge in [0.15, 0.2) is 0 Å². The lowest BCUT2D eigenvalue weighted by Gasteiger charge is -2.43. The molecule has 6 rings (SSSR count). The predicted octanol–water partition coefficient (Wildman–Crippen LogP) is 8.12. The largest absolute Gasteiger partial charge is 0.295 e. The first-order chi connectivity index (χ1) is 15.6. The quantitative estimate of drug-likeness (QED) is 0.335. The van der Waals surface area contributed by atoms with E-state index in [0.29, 0.717) is 32.7 Å². The maximum Gasteiger partial charge on any atom is 0.0985 e. The summed E-state index contributed by atoms with van der Waals surface area (Å²) in [6.07, 6.45) is 11.9. The zero-order valence-electron chi connectivity index (χ0n) is 24.7. The lowest BCUT2D eigenvalue weighted by atomic mass is 9.67. The van der Waals surface area contributed by atoms with E-state index < -0.39 is 0 Å². The molecule has 0 aromatic carbocycles. The van der Waals surface area contributed by atoms with Crippen molar-refractivity contribution in [2.24, 2.45) is 33.5 Å². The van der Waals surface area contributed by atoms with Crippen molar-refractivity contribution in [1.82, 2.24) is 9.80 Å². The third kappa shape index (κ3) is 3.55. The molecule has 6 aliphatic rings. The Morgan fingerprint density at radius 2 is 0.971 bits per heavy atom. The Balaban J connectivity index is 0.000000178. The molecule has 2 heterocycles. The highest BCUT2D eigenvalue weighted by Crippen LogP contribution is 2.72. The molecule has 0 N–H and O–H groups in total. The summed E-state index contributed by atoms with van der Waals surface area (Å²) in [5.74, 6) is 2.00. The summed E-state index contributed by atoms with van der Waals surface area (Å²) in [6.45, 7) is 27.2. The van der Waals surface area contributed by atoms with Crippen LogP contribution in [0.2, 0.25) is 0 Å². The van der Waals surface area contributed by atoms with Gasteiger partial charge >= 0.3 is 0 Å². The topological polar surface area (TPSA) is 6.48 Å². The fourth-order valence-electron chi connectivity index (χ4n) is 10.7. The molecule has 2 unspecified atom stereocenters. The van der Waals surface area contributed by atoms with Crippen LogP contribution in [0.3, 0.4) is 0 Å². The Kier molecular flexibility index (Phi) is 6.74. The zero-order valence-corrected chi connectivity index (χ0v) is 24.6. The van der Waals surface area contributed by atoms with Crippen LogP contribution < -0.4 is 0 Å². The monoisotopic (exact) mass is 494 g/mol. The molecule has 2 saturated heterocycles. The molecule has 34 heavy (non-hydrogen) atoms. The number of rotatable bonds is 0. The molecule has 2 nitrogen and oxygen atoms in total. The van der Waals surface area contributed by atoms with Crippen LogP contribution in [0.1, 0.15) is 128 Å². The highest BCUT2D eigenvalue weighted by Gasteiger charge is 2.69. The van der Waals surface area contributed by atoms with Crippen molar-refractivity contribution in [3.05, 3.63) is 0 Å². The van der Waals surface area contributed by atoms with Gasteiger partial charge in [-0.15, -0.1) is 0 Å². The number of fused-ring (bicyclic) bond motifs is 2. The van der Waals surface area contributed by atoms with Gasteiger partial charge in [0.2, 0.25) is 0 Å². The molecule has 4 aliphatic carbocycles. The van der Waals surface area contributed by atoms with Crippen molar-refractivity contribution in [2.45, 2.75) is 151 Å². The van der Waals surface area contributed by atoms with Gasteiger partial charge < -0.3 is 0 Å². The SMILES string of the molecule is C.CC(C)(C)N1CC[C@@]23CCC(CC12)C3(C)C.CC(C)(C)N1CC[C@]23CC[C@@H](C[C@H]12)C3(C)C.[3H]S. The van der Waals surface area contributed by atoms with Gasteiger partial charge in [-0.3, -0.25) is 9.80 Å². The van der Waals surface area contributed by atoms with E-state index in [9.17, 15) is 0 Å². The summed E-state index contributed by atoms with van der Waals surface area (Å²) in [5, 5.41) is 0. The van der Waals surface area contributed by atoms with E-state index in [-0.39, 0.29) is 7.43 Å². The molecule has 4 bridgehead atoms. The van der Waals surface area contributed by atoms with Gasteiger partial charge in [-0.2, -0.15) is 13.4 Å². The molecule has 3 heteroatoms. The Morgan fingerprint density at radius 1 is 0.647 bits per heavy atom. The minimum atomic E-state index is 0. The van der Waals surface area contributed by atoms with Crippen LogP contribution in [0.4, 0.5) is 0 Å². The average molecular weight is 495 g/mol. The lowest BCUT2D eigenvalue weighted by Crippen LogP contribution is -2.48. The van der Waals surface area contributed by atoms with Crippen molar-refractivity contribution in [1.29, 1.82) is 1.12 Å². The summed E-state index contributed by atoms with van der Waals surface area (Å²) >= 11 is 2.78. The highest BCUT2D eigenvalue weighted by atomic mass is 32.1. The fourth-order valence-corrected chi connectivity index (χ4v) is 10.7. The van der Waals surface area contributed by atoms with Crippen molar-refractivity contribution in [2.75, 3.05) is 13.1 Å². The molecule has 2 aliphatic heterocycles. The highest BCUT2D eigenvalue weighted by molar-refractivity contribution is 7.59. The first kappa shape index (κ1) is 27.3. The van der Waals surface area contributed by atoms with Crippen LogP contribution in [0, 0.1) is 33.5 Å². The minimum absolute atomic E-state index is 0. The van der Waals surface area contributed by atoms with Crippen LogP contribution in [0.25, 0.3) is 0 Å². The molecular formula is C31H60N2S. The van der Waals surface area contributed by atoms with Gasteiger partial charge in [0, 0.05) is 23.2 Å². The summed E-state index contributed by atoms with van der Waals surface area (Å²) in [4.78, 5) is 5.63. The van der Waals surface area contributed by atoms with E-state index in [1.165, 1.54) is 64.5 Å². The van der Waals surface area contributed by atoms with Crippen molar-refractivity contribution >= 4 is 13.4 Å². The lowest BCUT2D eigenvalue weighted by molar-refractivity contribution is 0.0570. The molecule has 0 aromatic rings. The first-order valence-electron chi connectivity index (χ1n) is 14.6. The van der Waals surface area contributed by atoms with Gasteiger partial charge in [-0.1, -0.05) is 35.1 Å². The molecule has 4 saturated carbocycles. The molecular weight excluding hydrogens is 432 g/mol. The van der Waals surface area contributed by atoms with E-state index >= 15 is 0 Å². The van der Waals surface area contributed by atoms with Crippen LogP contribution in [-0.4, -0.2) is 47.2 Å². The number of hydrogen-bond donors (Lipinski definition) is 0. The van der Waals surface area contributed by atoms with Gasteiger partial charge in [0.1, 0.15) is 0 Å². The maximum absolute atomic E-state index is 5.44. The molecule has 0 amide bonds. The molecule has 6 atom stereocenters. The minimum Gasteiger partial charge on any atom is -0.295 e. The third-order valence-corrected chi connectivity index (χ3v) is 12.9. The van der Waals surface area contributed by atoms with Crippen LogP contribution in [0.5, 0.6) is 0 Å². The average Bonchev–Trinajstić information content (AvgIpc) is 3.51. The predicted molar refractivity (Wildman–Crippen MR) is 154 cm³/mol. The second-order valence-corrected chi connectivity index (χ2v) is 16.0. The molecule has 0 aromatic heterocycles. The zero-order chi connectivity index (χ0) is 25.5. The Bertz CT molecular complexity index is 701. The fraction of sp³-hybridized carbons (Fsp3) is 1.00. The van der Waals surface area contributed by atoms with Crippen molar-refractivity contribution in [3.8, 4) is 0 Å². The van der Waals surface area contributed by atoms with Crippen molar-refractivity contribution < 1.29 is 0 Å². The van der Waals surface area contributed by atoms with Gasteiger partial charge in [0.05, 0.1) is 1.12 Å². The van der Waals surface area contributed by atoms with Gasteiger partial charge in [0.25, 0.3) is 0 Å². The molecule has 200 valence electrons. The maximum atomic E-state index is 5.44.